The molecule has 0 saturated carbocycles. The van der Waals surface area contributed by atoms with Crippen LogP contribution in [-0.4, -0.2) is 31.1 Å². The quantitative estimate of drug-likeness (QED) is 0.582. The van der Waals surface area contributed by atoms with Crippen LogP contribution < -0.4 is 10.0 Å². The first-order chi connectivity index (χ1) is 12.9. The molecule has 1 amide bonds. The highest BCUT2D eigenvalue weighted by Gasteiger charge is 2.13. The number of rotatable bonds is 7. The number of H-pyrrole nitrogens is 1. The summed E-state index contributed by atoms with van der Waals surface area (Å²) in [5.41, 5.74) is 3.48. The van der Waals surface area contributed by atoms with Gasteiger partial charge in [0.05, 0.1) is 11.1 Å². The van der Waals surface area contributed by atoms with Gasteiger partial charge in [0.2, 0.25) is 15.9 Å². The summed E-state index contributed by atoms with van der Waals surface area (Å²) in [5, 5.41) is 9.24. The summed E-state index contributed by atoms with van der Waals surface area (Å²) in [6.07, 6.45) is 3.97. The van der Waals surface area contributed by atoms with E-state index >= 15 is 0 Å². The van der Waals surface area contributed by atoms with Crippen molar-refractivity contribution in [3.05, 3.63) is 66.5 Å². The highest BCUT2D eigenvalue weighted by Crippen LogP contribution is 2.23. The van der Waals surface area contributed by atoms with Crippen molar-refractivity contribution in [3.8, 4) is 11.1 Å². The fraction of sp³-hybridized carbons (Fsp3) is 0.158. The van der Waals surface area contributed by atoms with Gasteiger partial charge < -0.3 is 5.32 Å². The van der Waals surface area contributed by atoms with Crippen LogP contribution in [-0.2, 0) is 21.2 Å². The second kappa shape index (κ2) is 8.15. The van der Waals surface area contributed by atoms with E-state index in [9.17, 15) is 13.2 Å². The molecule has 0 saturated heterocycles. The van der Waals surface area contributed by atoms with E-state index in [-0.39, 0.29) is 10.8 Å². The van der Waals surface area contributed by atoms with Gasteiger partial charge >= 0.3 is 0 Å². The van der Waals surface area contributed by atoms with Gasteiger partial charge in [-0.1, -0.05) is 24.3 Å². The third-order valence-electron chi connectivity index (χ3n) is 3.96. The number of amides is 1. The van der Waals surface area contributed by atoms with Gasteiger partial charge in [0.1, 0.15) is 0 Å². The molecular weight excluding hydrogens is 364 g/mol. The van der Waals surface area contributed by atoms with Crippen LogP contribution in [0.15, 0.2) is 65.8 Å². The predicted octanol–water partition coefficient (Wildman–Crippen LogP) is 2.56. The number of carbonyl (C=O) groups excluding carboxylic acids is 1. The molecule has 140 valence electrons. The Hall–Kier alpha value is -2.97. The minimum Gasteiger partial charge on any atom is -0.326 e. The van der Waals surface area contributed by atoms with Gasteiger partial charge in [0, 0.05) is 25.4 Å². The number of carbonyl (C=O) groups is 1. The Balaban J connectivity index is 1.65. The van der Waals surface area contributed by atoms with Crippen molar-refractivity contribution in [2.75, 3.05) is 11.9 Å². The zero-order valence-electron chi connectivity index (χ0n) is 14.8. The van der Waals surface area contributed by atoms with Crippen LogP contribution in [0.2, 0.25) is 0 Å². The first kappa shape index (κ1) is 18.8. The van der Waals surface area contributed by atoms with E-state index < -0.39 is 10.0 Å². The maximum absolute atomic E-state index is 12.4. The Morgan fingerprint density at radius 2 is 1.67 bits per heavy atom. The van der Waals surface area contributed by atoms with Crippen molar-refractivity contribution < 1.29 is 13.2 Å². The molecule has 0 aliphatic rings. The molecule has 0 unspecified atom stereocenters. The number of sulfonamides is 1. The Morgan fingerprint density at radius 1 is 1.04 bits per heavy atom. The zero-order valence-corrected chi connectivity index (χ0v) is 15.6. The minimum absolute atomic E-state index is 0.127. The number of hydrogen-bond acceptors (Lipinski definition) is 4. The Labute approximate surface area is 157 Å². The Morgan fingerprint density at radius 3 is 2.22 bits per heavy atom. The maximum atomic E-state index is 12.4. The molecule has 8 heteroatoms. The van der Waals surface area contributed by atoms with Crippen LogP contribution in [0.4, 0.5) is 5.69 Å². The molecule has 3 aromatic rings. The van der Waals surface area contributed by atoms with Gasteiger partial charge in [-0.3, -0.25) is 9.89 Å². The summed E-state index contributed by atoms with van der Waals surface area (Å²) in [6.45, 7) is 1.75. The SMILES string of the molecule is CC(=O)Nc1ccc(-c2ccc(S(=O)(=O)NCCc3cn[nH]c3)cc2)cc1. The number of aromatic nitrogens is 2. The number of benzene rings is 2. The van der Waals surface area contributed by atoms with Gasteiger partial charge in [-0.25, -0.2) is 13.1 Å². The lowest BCUT2D eigenvalue weighted by Gasteiger charge is -2.08. The molecule has 0 radical (unpaired) electrons. The summed E-state index contributed by atoms with van der Waals surface area (Å²) >= 11 is 0. The summed E-state index contributed by atoms with van der Waals surface area (Å²) in [7, 11) is -3.56. The maximum Gasteiger partial charge on any atom is 0.240 e. The van der Waals surface area contributed by atoms with Crippen LogP contribution >= 0.6 is 0 Å². The van der Waals surface area contributed by atoms with Crippen LogP contribution in [0, 0.1) is 0 Å². The number of anilines is 1. The van der Waals surface area contributed by atoms with Crippen molar-refractivity contribution in [2.45, 2.75) is 18.2 Å². The van der Waals surface area contributed by atoms with E-state index in [0.29, 0.717) is 18.7 Å². The summed E-state index contributed by atoms with van der Waals surface area (Å²) in [4.78, 5) is 11.3. The lowest BCUT2D eigenvalue weighted by molar-refractivity contribution is -0.114. The highest BCUT2D eigenvalue weighted by atomic mass is 32.2. The molecule has 7 nitrogen and oxygen atoms in total. The molecule has 0 atom stereocenters. The third-order valence-corrected chi connectivity index (χ3v) is 5.44. The summed E-state index contributed by atoms with van der Waals surface area (Å²) < 4.78 is 27.4. The number of nitrogens with one attached hydrogen (secondary N) is 3. The van der Waals surface area contributed by atoms with E-state index in [1.807, 2.05) is 12.1 Å². The van der Waals surface area contributed by atoms with Crippen molar-refractivity contribution in [3.63, 3.8) is 0 Å². The monoisotopic (exact) mass is 384 g/mol. The van der Waals surface area contributed by atoms with E-state index in [1.54, 1.807) is 48.8 Å². The van der Waals surface area contributed by atoms with Crippen molar-refractivity contribution in [1.82, 2.24) is 14.9 Å². The summed E-state index contributed by atoms with van der Waals surface area (Å²) in [6, 6.07) is 14.0. The van der Waals surface area contributed by atoms with Gasteiger partial charge in [-0.2, -0.15) is 5.10 Å². The molecule has 1 aromatic heterocycles. The molecule has 2 aromatic carbocycles. The lowest BCUT2D eigenvalue weighted by Crippen LogP contribution is -2.25. The number of nitrogens with zero attached hydrogens (tertiary/aromatic N) is 1. The molecule has 3 N–H and O–H groups in total. The largest absolute Gasteiger partial charge is 0.326 e. The second-order valence-corrected chi connectivity index (χ2v) is 7.80. The Bertz CT molecular complexity index is 996. The molecule has 0 spiro atoms. The lowest BCUT2D eigenvalue weighted by atomic mass is 10.1. The first-order valence-corrected chi connectivity index (χ1v) is 9.88. The molecule has 0 fully saturated rings. The predicted molar refractivity (Wildman–Crippen MR) is 104 cm³/mol. The number of aromatic amines is 1. The van der Waals surface area contributed by atoms with E-state index in [2.05, 4.69) is 20.2 Å². The van der Waals surface area contributed by atoms with Crippen molar-refractivity contribution in [2.24, 2.45) is 0 Å². The topological polar surface area (TPSA) is 104 Å². The fourth-order valence-electron chi connectivity index (χ4n) is 2.60. The molecule has 3 rings (SSSR count). The van der Waals surface area contributed by atoms with Gasteiger partial charge in [-0.05, 0) is 47.4 Å². The molecule has 0 aliphatic carbocycles. The van der Waals surface area contributed by atoms with E-state index in [0.717, 1.165) is 16.7 Å². The van der Waals surface area contributed by atoms with Crippen molar-refractivity contribution >= 4 is 21.6 Å². The molecule has 0 aliphatic heterocycles. The van der Waals surface area contributed by atoms with Crippen LogP contribution in [0.5, 0.6) is 0 Å². The standard InChI is InChI=1S/C19H20N4O3S/c1-14(24)23-18-6-2-16(3-7-18)17-4-8-19(9-5-17)27(25,26)22-11-10-15-12-20-21-13-15/h2-9,12-13,22H,10-11H2,1H3,(H,20,21)(H,23,24). The van der Waals surface area contributed by atoms with Crippen LogP contribution in [0.25, 0.3) is 11.1 Å². The minimum atomic E-state index is -3.56. The van der Waals surface area contributed by atoms with E-state index in [4.69, 9.17) is 0 Å². The normalized spacial score (nSPS) is 11.3. The zero-order chi connectivity index (χ0) is 19.3. The average molecular weight is 384 g/mol. The smallest absolute Gasteiger partial charge is 0.240 e. The molecule has 1 heterocycles. The molecule has 27 heavy (non-hydrogen) atoms. The van der Waals surface area contributed by atoms with Gasteiger partial charge in [0.15, 0.2) is 0 Å². The van der Waals surface area contributed by atoms with E-state index in [1.165, 1.54) is 6.92 Å². The van der Waals surface area contributed by atoms with Crippen LogP contribution in [0.1, 0.15) is 12.5 Å². The number of hydrogen-bond donors (Lipinski definition) is 3. The second-order valence-electron chi connectivity index (χ2n) is 6.04. The molecule has 0 bridgehead atoms. The molecular formula is C19H20N4O3S. The average Bonchev–Trinajstić information content (AvgIpc) is 3.15. The van der Waals surface area contributed by atoms with Gasteiger partial charge in [-0.15, -0.1) is 0 Å². The Kier molecular flexibility index (Phi) is 5.68. The highest BCUT2D eigenvalue weighted by molar-refractivity contribution is 7.89. The first-order valence-electron chi connectivity index (χ1n) is 8.39. The van der Waals surface area contributed by atoms with Gasteiger partial charge in [0.25, 0.3) is 0 Å². The summed E-state index contributed by atoms with van der Waals surface area (Å²) in [5.74, 6) is -0.127. The fourth-order valence-corrected chi connectivity index (χ4v) is 3.64. The van der Waals surface area contributed by atoms with Crippen molar-refractivity contribution in [1.29, 1.82) is 0 Å². The third kappa shape index (κ3) is 5.02. The van der Waals surface area contributed by atoms with Crippen LogP contribution in [0.3, 0.4) is 0 Å².